The number of unbranched alkanes of at least 4 members (excludes halogenated alkanes) is 2. The van der Waals surface area contributed by atoms with Crippen LogP contribution in [0.5, 0.6) is 0 Å². The maximum atomic E-state index is 12.3. The van der Waals surface area contributed by atoms with E-state index in [2.05, 4.69) is 27.2 Å². The van der Waals surface area contributed by atoms with Gasteiger partial charge in [0.25, 0.3) is 5.91 Å². The van der Waals surface area contributed by atoms with E-state index in [0.717, 1.165) is 30.7 Å². The number of aryl methyl sites for hydroxylation is 1. The Morgan fingerprint density at radius 3 is 2.46 bits per heavy atom. The van der Waals surface area contributed by atoms with Crippen LogP contribution in [0.1, 0.15) is 55.4 Å². The van der Waals surface area contributed by atoms with Gasteiger partial charge in [-0.15, -0.1) is 10.2 Å². The third-order valence-corrected chi connectivity index (χ3v) is 6.07. The number of nitrogens with one attached hydrogen (secondary N) is 2. The lowest BCUT2D eigenvalue weighted by atomic mass is 10.2. The van der Waals surface area contributed by atoms with Crippen molar-refractivity contribution in [3.8, 4) is 0 Å². The van der Waals surface area contributed by atoms with Gasteiger partial charge in [0.2, 0.25) is 15.2 Å². The number of carbonyl (C=O) groups is 1. The molecular weight excluding hydrogens is 372 g/mol. The minimum absolute atomic E-state index is 0.122. The molecule has 0 aliphatic rings. The maximum Gasteiger partial charge on any atom is 0.257 e. The lowest BCUT2D eigenvalue weighted by molar-refractivity contribution is 0.102. The molecule has 26 heavy (non-hydrogen) atoms. The summed E-state index contributed by atoms with van der Waals surface area (Å²) in [6.45, 7) is 5.64. The lowest BCUT2D eigenvalue weighted by Gasteiger charge is -2.09. The van der Waals surface area contributed by atoms with Crippen LogP contribution in [0.25, 0.3) is 0 Å². The molecule has 1 aromatic heterocycles. The Kier molecular flexibility index (Phi) is 7.24. The van der Waals surface area contributed by atoms with Gasteiger partial charge >= 0.3 is 0 Å². The van der Waals surface area contributed by atoms with E-state index in [1.165, 1.54) is 35.6 Å². The molecule has 0 saturated carbocycles. The Labute approximate surface area is 158 Å². The molecule has 0 saturated heterocycles. The van der Waals surface area contributed by atoms with Crippen LogP contribution in [0.2, 0.25) is 0 Å². The zero-order valence-electron chi connectivity index (χ0n) is 15.2. The zero-order valence-corrected chi connectivity index (χ0v) is 16.8. The van der Waals surface area contributed by atoms with Gasteiger partial charge in [0, 0.05) is 18.0 Å². The molecule has 0 bridgehead atoms. The number of nitrogens with zero attached hydrogens (tertiary/aromatic N) is 2. The predicted molar refractivity (Wildman–Crippen MR) is 103 cm³/mol. The van der Waals surface area contributed by atoms with E-state index in [4.69, 9.17) is 0 Å². The summed E-state index contributed by atoms with van der Waals surface area (Å²) in [6, 6.07) is 5.58. The third kappa shape index (κ3) is 5.86. The highest BCUT2D eigenvalue weighted by Gasteiger charge is 2.16. The van der Waals surface area contributed by atoms with Gasteiger partial charge < -0.3 is 0 Å². The number of aromatic nitrogens is 2. The molecule has 1 amide bonds. The lowest BCUT2D eigenvalue weighted by Crippen LogP contribution is -2.30. The smallest absolute Gasteiger partial charge is 0.257 e. The van der Waals surface area contributed by atoms with Crippen molar-refractivity contribution in [1.29, 1.82) is 0 Å². The highest BCUT2D eigenvalue weighted by molar-refractivity contribution is 7.89. The number of sulfonamides is 1. The van der Waals surface area contributed by atoms with Crippen LogP contribution in [-0.4, -0.2) is 30.6 Å². The summed E-state index contributed by atoms with van der Waals surface area (Å²) in [4.78, 5) is 12.4. The second-order valence-electron chi connectivity index (χ2n) is 6.21. The third-order valence-electron chi connectivity index (χ3n) is 3.50. The van der Waals surface area contributed by atoms with E-state index < -0.39 is 10.0 Å². The van der Waals surface area contributed by atoms with Crippen molar-refractivity contribution in [2.45, 2.75) is 57.4 Å². The Hall–Kier alpha value is -1.84. The average Bonchev–Trinajstić information content (AvgIpc) is 3.01. The molecule has 0 unspecified atom stereocenters. The molecular formula is C17H24N4O3S2. The number of hydrogen-bond acceptors (Lipinski definition) is 6. The molecule has 2 N–H and O–H groups in total. The van der Waals surface area contributed by atoms with Crippen LogP contribution in [0.3, 0.4) is 0 Å². The highest BCUT2D eigenvalue weighted by Crippen LogP contribution is 2.19. The number of rotatable bonds is 9. The van der Waals surface area contributed by atoms with Crippen LogP contribution >= 0.6 is 11.3 Å². The minimum Gasteiger partial charge on any atom is -0.296 e. The fourth-order valence-electron chi connectivity index (χ4n) is 2.26. The van der Waals surface area contributed by atoms with Crippen molar-refractivity contribution in [1.82, 2.24) is 14.9 Å². The van der Waals surface area contributed by atoms with Gasteiger partial charge in [-0.3, -0.25) is 10.1 Å². The summed E-state index contributed by atoms with van der Waals surface area (Å²) in [7, 11) is -3.57. The van der Waals surface area contributed by atoms with Crippen LogP contribution in [0.4, 0.5) is 5.13 Å². The van der Waals surface area contributed by atoms with E-state index in [0.29, 0.717) is 10.7 Å². The first kappa shape index (κ1) is 20.5. The minimum atomic E-state index is -3.57. The predicted octanol–water partition coefficient (Wildman–Crippen LogP) is 3.21. The van der Waals surface area contributed by atoms with Crippen molar-refractivity contribution in [3.63, 3.8) is 0 Å². The Balaban J connectivity index is 2.00. The Morgan fingerprint density at radius 1 is 1.15 bits per heavy atom. The normalized spacial score (nSPS) is 11.7. The van der Waals surface area contributed by atoms with Crippen molar-refractivity contribution in [3.05, 3.63) is 34.8 Å². The van der Waals surface area contributed by atoms with Crippen LogP contribution in [-0.2, 0) is 16.4 Å². The highest BCUT2D eigenvalue weighted by atomic mass is 32.2. The maximum absolute atomic E-state index is 12.3. The van der Waals surface area contributed by atoms with E-state index in [1.807, 2.05) is 0 Å². The SMILES string of the molecule is CCCCCc1nnc(NC(=O)c2ccc(S(=O)(=O)NC(C)C)cc2)s1. The molecule has 0 aliphatic carbocycles. The monoisotopic (exact) mass is 396 g/mol. The van der Waals surface area contributed by atoms with E-state index in [-0.39, 0.29) is 16.8 Å². The topological polar surface area (TPSA) is 101 Å². The standard InChI is InChI=1S/C17H24N4O3S2/c1-4-5-6-7-15-19-20-17(25-15)18-16(22)13-8-10-14(11-9-13)26(23,24)21-12(2)3/h8-12,21H,4-7H2,1-3H3,(H,18,20,22). The van der Waals surface area contributed by atoms with Gasteiger partial charge in [-0.2, -0.15) is 0 Å². The first-order valence-electron chi connectivity index (χ1n) is 8.58. The van der Waals surface area contributed by atoms with Crippen molar-refractivity contribution in [2.75, 3.05) is 5.32 Å². The van der Waals surface area contributed by atoms with Crippen LogP contribution < -0.4 is 10.0 Å². The molecule has 0 fully saturated rings. The first-order valence-corrected chi connectivity index (χ1v) is 10.9. The summed E-state index contributed by atoms with van der Waals surface area (Å²) in [5.41, 5.74) is 0.358. The quantitative estimate of drug-likeness (QED) is 0.634. The summed E-state index contributed by atoms with van der Waals surface area (Å²) in [5.74, 6) is -0.345. The zero-order chi connectivity index (χ0) is 19.2. The van der Waals surface area contributed by atoms with Gasteiger partial charge in [0.15, 0.2) is 0 Å². The van der Waals surface area contributed by atoms with E-state index >= 15 is 0 Å². The summed E-state index contributed by atoms with van der Waals surface area (Å²) < 4.78 is 26.7. The molecule has 2 rings (SSSR count). The van der Waals surface area contributed by atoms with E-state index in [1.54, 1.807) is 13.8 Å². The van der Waals surface area contributed by atoms with Gasteiger partial charge in [-0.05, 0) is 44.5 Å². The Morgan fingerprint density at radius 2 is 1.85 bits per heavy atom. The Bertz CT molecular complexity index is 830. The second kappa shape index (κ2) is 9.20. The molecule has 7 nitrogen and oxygen atoms in total. The summed E-state index contributed by atoms with van der Waals surface area (Å²) >= 11 is 1.36. The van der Waals surface area contributed by atoms with Crippen molar-refractivity contribution in [2.24, 2.45) is 0 Å². The molecule has 0 atom stereocenters. The molecule has 0 spiro atoms. The fraction of sp³-hybridized carbons (Fsp3) is 0.471. The molecule has 2 aromatic rings. The molecule has 9 heteroatoms. The molecule has 0 aliphatic heterocycles. The summed E-state index contributed by atoms with van der Waals surface area (Å²) in [5, 5.41) is 12.1. The van der Waals surface area contributed by atoms with Crippen molar-refractivity contribution >= 4 is 32.4 Å². The number of benzene rings is 1. The van der Waals surface area contributed by atoms with Gasteiger partial charge in [-0.25, -0.2) is 13.1 Å². The second-order valence-corrected chi connectivity index (χ2v) is 8.99. The van der Waals surface area contributed by atoms with Gasteiger partial charge in [-0.1, -0.05) is 31.1 Å². The average molecular weight is 397 g/mol. The number of anilines is 1. The van der Waals surface area contributed by atoms with Gasteiger partial charge in [0.1, 0.15) is 5.01 Å². The van der Waals surface area contributed by atoms with E-state index in [9.17, 15) is 13.2 Å². The van der Waals surface area contributed by atoms with Gasteiger partial charge in [0.05, 0.1) is 4.90 Å². The van der Waals surface area contributed by atoms with Crippen molar-refractivity contribution < 1.29 is 13.2 Å². The molecule has 1 aromatic carbocycles. The summed E-state index contributed by atoms with van der Waals surface area (Å²) in [6.07, 6.45) is 4.19. The molecule has 142 valence electrons. The fourth-order valence-corrected chi connectivity index (χ4v) is 4.29. The number of carbonyl (C=O) groups excluding carboxylic acids is 1. The van der Waals surface area contributed by atoms with Crippen LogP contribution in [0.15, 0.2) is 29.2 Å². The first-order chi connectivity index (χ1) is 12.3. The van der Waals surface area contributed by atoms with Crippen LogP contribution in [0, 0.1) is 0 Å². The number of amides is 1. The molecule has 0 radical (unpaired) electrons. The largest absolute Gasteiger partial charge is 0.296 e. The molecule has 1 heterocycles. The number of hydrogen-bond donors (Lipinski definition) is 2.